The highest BCUT2D eigenvalue weighted by atomic mass is 32.1. The topological polar surface area (TPSA) is 12.9 Å². The lowest BCUT2D eigenvalue weighted by molar-refractivity contribution is 1.40. The van der Waals surface area contributed by atoms with Gasteiger partial charge in [-0.2, -0.15) is 0 Å². The lowest BCUT2D eigenvalue weighted by atomic mass is 10.0. The molecule has 0 saturated heterocycles. The van der Waals surface area contributed by atoms with E-state index in [-0.39, 0.29) is 0 Å². The maximum atomic E-state index is 4.81. The number of nitrogens with zero attached hydrogens (tertiary/aromatic N) is 1. The highest BCUT2D eigenvalue weighted by Crippen LogP contribution is 2.40. The summed E-state index contributed by atoms with van der Waals surface area (Å²) >= 11 is 1.78. The highest BCUT2D eigenvalue weighted by molar-refractivity contribution is 7.26. The van der Waals surface area contributed by atoms with Crippen molar-refractivity contribution < 1.29 is 0 Å². The van der Waals surface area contributed by atoms with E-state index in [0.29, 0.717) is 0 Å². The van der Waals surface area contributed by atoms with Gasteiger partial charge in [0.25, 0.3) is 0 Å². The Hall–Kier alpha value is -2.45. The SMILES string of the molecule is C=CC(=C)c1nc2ccccc2c2c1sc1ccccc12. The second kappa shape index (κ2) is 4.54. The Morgan fingerprint density at radius 1 is 1.00 bits per heavy atom. The molecule has 21 heavy (non-hydrogen) atoms. The molecule has 0 aliphatic rings. The van der Waals surface area contributed by atoms with E-state index in [1.54, 1.807) is 17.4 Å². The molecule has 0 unspecified atom stereocenters. The Bertz CT molecular complexity index is 1020. The Morgan fingerprint density at radius 2 is 1.71 bits per heavy atom. The van der Waals surface area contributed by atoms with Crippen LogP contribution in [-0.2, 0) is 0 Å². The minimum atomic E-state index is 0.873. The first-order valence-corrected chi connectivity index (χ1v) is 7.63. The van der Waals surface area contributed by atoms with Gasteiger partial charge in [-0.3, -0.25) is 0 Å². The molecular weight excluding hydrogens is 274 g/mol. The number of aromatic nitrogens is 1. The molecule has 2 aromatic heterocycles. The highest BCUT2D eigenvalue weighted by Gasteiger charge is 2.14. The van der Waals surface area contributed by atoms with Crippen LogP contribution in [0.3, 0.4) is 0 Å². The summed E-state index contributed by atoms with van der Waals surface area (Å²) in [5, 5.41) is 3.76. The molecule has 0 spiro atoms. The van der Waals surface area contributed by atoms with E-state index in [9.17, 15) is 0 Å². The van der Waals surface area contributed by atoms with Gasteiger partial charge >= 0.3 is 0 Å². The predicted octanol–water partition coefficient (Wildman–Crippen LogP) is 5.80. The van der Waals surface area contributed by atoms with Crippen LogP contribution < -0.4 is 0 Å². The molecule has 0 fully saturated rings. The van der Waals surface area contributed by atoms with Crippen LogP contribution in [-0.4, -0.2) is 4.98 Å². The predicted molar refractivity (Wildman–Crippen MR) is 93.9 cm³/mol. The molecule has 0 amide bonds. The number of rotatable bonds is 2. The van der Waals surface area contributed by atoms with Crippen LogP contribution in [0.4, 0.5) is 0 Å². The van der Waals surface area contributed by atoms with E-state index in [1.807, 2.05) is 6.07 Å². The molecule has 0 aliphatic heterocycles. The molecule has 2 heteroatoms. The molecule has 0 radical (unpaired) electrons. The second-order valence-corrected chi connectivity index (χ2v) is 6.06. The fourth-order valence-corrected chi connectivity index (χ4v) is 3.99. The van der Waals surface area contributed by atoms with Gasteiger partial charge in [-0.25, -0.2) is 4.98 Å². The fraction of sp³-hybridized carbons (Fsp3) is 0. The van der Waals surface area contributed by atoms with Crippen LogP contribution in [0.5, 0.6) is 0 Å². The number of fused-ring (bicyclic) bond motifs is 5. The molecule has 0 bridgehead atoms. The lowest BCUT2D eigenvalue weighted by Gasteiger charge is -2.06. The first-order chi connectivity index (χ1) is 10.3. The van der Waals surface area contributed by atoms with Gasteiger partial charge in [-0.1, -0.05) is 55.6 Å². The number of allylic oxidation sites excluding steroid dienone is 2. The Labute approximate surface area is 126 Å². The first-order valence-electron chi connectivity index (χ1n) is 6.81. The maximum Gasteiger partial charge on any atom is 0.0882 e. The summed E-state index contributed by atoms with van der Waals surface area (Å²) in [5.41, 5.74) is 2.82. The molecule has 4 aromatic rings. The molecule has 100 valence electrons. The summed E-state index contributed by atoms with van der Waals surface area (Å²) in [6.07, 6.45) is 1.78. The molecule has 2 aromatic carbocycles. The van der Waals surface area contributed by atoms with E-state index < -0.39 is 0 Å². The zero-order valence-electron chi connectivity index (χ0n) is 11.5. The molecule has 0 N–H and O–H groups in total. The van der Waals surface area contributed by atoms with Gasteiger partial charge in [0.05, 0.1) is 15.9 Å². The summed E-state index contributed by atoms with van der Waals surface area (Å²) in [7, 11) is 0. The lowest BCUT2D eigenvalue weighted by Crippen LogP contribution is -1.88. The molecule has 0 atom stereocenters. The van der Waals surface area contributed by atoms with Gasteiger partial charge in [-0.05, 0) is 17.7 Å². The van der Waals surface area contributed by atoms with Crippen molar-refractivity contribution in [2.45, 2.75) is 0 Å². The third kappa shape index (κ3) is 1.73. The van der Waals surface area contributed by atoms with Crippen LogP contribution >= 0.6 is 11.3 Å². The van der Waals surface area contributed by atoms with Gasteiger partial charge in [0.2, 0.25) is 0 Å². The van der Waals surface area contributed by atoms with E-state index >= 15 is 0 Å². The Morgan fingerprint density at radius 3 is 2.52 bits per heavy atom. The monoisotopic (exact) mass is 287 g/mol. The molecule has 4 rings (SSSR count). The first kappa shape index (κ1) is 12.3. The fourth-order valence-electron chi connectivity index (χ4n) is 2.75. The van der Waals surface area contributed by atoms with Crippen molar-refractivity contribution in [3.63, 3.8) is 0 Å². The van der Waals surface area contributed by atoms with E-state index in [0.717, 1.165) is 16.8 Å². The molecule has 1 nitrogen and oxygen atoms in total. The number of pyridine rings is 1. The van der Waals surface area contributed by atoms with Gasteiger partial charge < -0.3 is 0 Å². The molecule has 2 heterocycles. The number of hydrogen-bond acceptors (Lipinski definition) is 2. The van der Waals surface area contributed by atoms with E-state index in [4.69, 9.17) is 4.98 Å². The van der Waals surface area contributed by atoms with Crippen LogP contribution in [0, 0.1) is 0 Å². The van der Waals surface area contributed by atoms with Crippen molar-refractivity contribution in [2.75, 3.05) is 0 Å². The molecule has 0 saturated carbocycles. The quantitative estimate of drug-likeness (QED) is 0.424. The van der Waals surface area contributed by atoms with Gasteiger partial charge in [-0.15, -0.1) is 11.3 Å². The summed E-state index contributed by atoms with van der Waals surface area (Å²) in [4.78, 5) is 4.81. The average Bonchev–Trinajstić information content (AvgIpc) is 2.93. The maximum absolute atomic E-state index is 4.81. The number of para-hydroxylation sites is 1. The van der Waals surface area contributed by atoms with Gasteiger partial charge in [0.1, 0.15) is 0 Å². The Kier molecular flexibility index (Phi) is 2.66. The van der Waals surface area contributed by atoms with Crippen molar-refractivity contribution in [1.29, 1.82) is 0 Å². The van der Waals surface area contributed by atoms with Crippen LogP contribution in [0.1, 0.15) is 5.69 Å². The minimum absolute atomic E-state index is 0.873. The van der Waals surface area contributed by atoms with Crippen molar-refractivity contribution in [3.8, 4) is 0 Å². The standard InChI is InChI=1S/C19H13NS/c1-3-12(2)18-19-17(13-8-4-6-10-15(13)20-18)14-9-5-7-11-16(14)21-19/h3-11H,1-2H2. The van der Waals surface area contributed by atoms with Crippen molar-refractivity contribution >= 4 is 48.0 Å². The molecule has 0 aliphatic carbocycles. The zero-order chi connectivity index (χ0) is 14.4. The molecular formula is C19H13NS. The number of benzene rings is 2. The summed E-state index contributed by atoms with van der Waals surface area (Å²) in [5.74, 6) is 0. The summed E-state index contributed by atoms with van der Waals surface area (Å²) in [6, 6.07) is 16.8. The number of hydrogen-bond donors (Lipinski definition) is 0. The third-order valence-electron chi connectivity index (χ3n) is 3.77. The van der Waals surface area contributed by atoms with Gasteiger partial charge in [0, 0.05) is 20.9 Å². The van der Waals surface area contributed by atoms with Crippen molar-refractivity contribution in [2.24, 2.45) is 0 Å². The zero-order valence-corrected chi connectivity index (χ0v) is 12.3. The van der Waals surface area contributed by atoms with Crippen molar-refractivity contribution in [1.82, 2.24) is 4.98 Å². The smallest absolute Gasteiger partial charge is 0.0882 e. The summed E-state index contributed by atoms with van der Waals surface area (Å²) in [6.45, 7) is 7.94. The van der Waals surface area contributed by atoms with Crippen molar-refractivity contribution in [3.05, 3.63) is 73.5 Å². The largest absolute Gasteiger partial charge is 0.246 e. The van der Waals surface area contributed by atoms with E-state index in [1.165, 1.54) is 25.6 Å². The van der Waals surface area contributed by atoms with E-state index in [2.05, 4.69) is 55.6 Å². The van der Waals surface area contributed by atoms with Gasteiger partial charge in [0.15, 0.2) is 0 Å². The average molecular weight is 287 g/mol. The second-order valence-electron chi connectivity index (χ2n) is 5.01. The third-order valence-corrected chi connectivity index (χ3v) is 4.94. The van der Waals surface area contributed by atoms with Crippen LogP contribution in [0.15, 0.2) is 67.8 Å². The Balaban J connectivity index is 2.33. The van der Waals surface area contributed by atoms with Crippen LogP contribution in [0.25, 0.3) is 36.6 Å². The van der Waals surface area contributed by atoms with Crippen LogP contribution in [0.2, 0.25) is 0 Å². The summed E-state index contributed by atoms with van der Waals surface area (Å²) < 4.78 is 2.48. The minimum Gasteiger partial charge on any atom is -0.246 e. The number of thiophene rings is 1. The normalized spacial score (nSPS) is 11.2.